The van der Waals surface area contributed by atoms with Gasteiger partial charge in [-0.15, -0.1) is 0 Å². The number of H-pyrrole nitrogens is 1. The predicted molar refractivity (Wildman–Crippen MR) is 81.9 cm³/mol. The standard InChI is InChI=1S/C17H22N4/c1-2-5-15-14(4-1)19-17(20-15)16-6-3-11-21(16)12-13-7-9-18-10-8-13/h7-10,16H,1-6,11-12H2,(H,19,20)/t16-/m0/s1. The van der Waals surface area contributed by atoms with Crippen molar-refractivity contribution in [1.29, 1.82) is 0 Å². The van der Waals surface area contributed by atoms with Crippen LogP contribution in [0.4, 0.5) is 0 Å². The van der Waals surface area contributed by atoms with Gasteiger partial charge in [0.05, 0.1) is 11.7 Å². The molecule has 1 aliphatic heterocycles. The summed E-state index contributed by atoms with van der Waals surface area (Å²) in [5.41, 5.74) is 4.06. The molecule has 0 bridgehead atoms. The summed E-state index contributed by atoms with van der Waals surface area (Å²) in [6, 6.07) is 4.69. The molecule has 0 unspecified atom stereocenters. The fourth-order valence-electron chi connectivity index (χ4n) is 3.68. The zero-order valence-electron chi connectivity index (χ0n) is 12.4. The maximum atomic E-state index is 4.92. The van der Waals surface area contributed by atoms with E-state index in [4.69, 9.17) is 4.98 Å². The molecular formula is C17H22N4. The molecule has 110 valence electrons. The third-order valence-electron chi connectivity index (χ3n) is 4.79. The number of hydrogen-bond acceptors (Lipinski definition) is 3. The van der Waals surface area contributed by atoms with Crippen molar-refractivity contribution >= 4 is 0 Å². The number of aryl methyl sites for hydroxylation is 2. The Morgan fingerprint density at radius 2 is 2.00 bits per heavy atom. The van der Waals surface area contributed by atoms with Crippen molar-refractivity contribution in [2.75, 3.05) is 6.54 Å². The van der Waals surface area contributed by atoms with Gasteiger partial charge >= 0.3 is 0 Å². The van der Waals surface area contributed by atoms with E-state index in [9.17, 15) is 0 Å². The van der Waals surface area contributed by atoms with Crippen LogP contribution in [0.25, 0.3) is 0 Å². The smallest absolute Gasteiger partial charge is 0.124 e. The van der Waals surface area contributed by atoms with E-state index < -0.39 is 0 Å². The van der Waals surface area contributed by atoms with E-state index in [0.717, 1.165) is 13.0 Å². The van der Waals surface area contributed by atoms with E-state index >= 15 is 0 Å². The Balaban J connectivity index is 1.54. The van der Waals surface area contributed by atoms with Crippen molar-refractivity contribution in [3.8, 4) is 0 Å². The summed E-state index contributed by atoms with van der Waals surface area (Å²) in [6.45, 7) is 2.16. The largest absolute Gasteiger partial charge is 0.344 e. The molecule has 2 aromatic heterocycles. The molecule has 1 saturated heterocycles. The van der Waals surface area contributed by atoms with Crippen molar-refractivity contribution in [2.24, 2.45) is 0 Å². The number of nitrogens with one attached hydrogen (secondary N) is 1. The molecule has 0 aromatic carbocycles. The molecule has 1 N–H and O–H groups in total. The van der Waals surface area contributed by atoms with Crippen molar-refractivity contribution < 1.29 is 0 Å². The first kappa shape index (κ1) is 13.0. The third-order valence-corrected chi connectivity index (χ3v) is 4.79. The minimum Gasteiger partial charge on any atom is -0.344 e. The van der Waals surface area contributed by atoms with Crippen LogP contribution in [-0.2, 0) is 19.4 Å². The molecule has 4 nitrogen and oxygen atoms in total. The van der Waals surface area contributed by atoms with Crippen LogP contribution in [0.1, 0.15) is 54.5 Å². The second kappa shape index (κ2) is 5.60. The van der Waals surface area contributed by atoms with Gasteiger partial charge in [-0.2, -0.15) is 0 Å². The zero-order chi connectivity index (χ0) is 14.1. The maximum absolute atomic E-state index is 4.92. The average molecular weight is 282 g/mol. The van der Waals surface area contributed by atoms with Crippen LogP contribution in [0.3, 0.4) is 0 Å². The number of likely N-dealkylation sites (tertiary alicyclic amines) is 1. The SMILES string of the molecule is c1cc(CN2CCC[C@H]2c2nc3c([nH]2)CCCC3)ccn1. The fraction of sp³-hybridized carbons (Fsp3) is 0.529. The molecule has 2 aromatic rings. The van der Waals surface area contributed by atoms with E-state index in [1.807, 2.05) is 12.4 Å². The lowest BCUT2D eigenvalue weighted by Crippen LogP contribution is -2.23. The molecule has 3 heterocycles. The van der Waals surface area contributed by atoms with Gasteiger partial charge in [-0.25, -0.2) is 4.98 Å². The van der Waals surface area contributed by atoms with Gasteiger partial charge in [0.1, 0.15) is 5.82 Å². The van der Waals surface area contributed by atoms with E-state index in [0.29, 0.717) is 6.04 Å². The van der Waals surface area contributed by atoms with Gasteiger partial charge in [0, 0.05) is 24.6 Å². The first-order valence-electron chi connectivity index (χ1n) is 8.11. The van der Waals surface area contributed by atoms with E-state index in [1.165, 1.54) is 61.4 Å². The molecule has 0 saturated carbocycles. The third kappa shape index (κ3) is 2.60. The van der Waals surface area contributed by atoms with Crippen LogP contribution >= 0.6 is 0 Å². The van der Waals surface area contributed by atoms with Crippen LogP contribution < -0.4 is 0 Å². The zero-order valence-corrected chi connectivity index (χ0v) is 12.4. The van der Waals surface area contributed by atoms with Crippen LogP contribution in [-0.4, -0.2) is 26.4 Å². The van der Waals surface area contributed by atoms with Gasteiger partial charge < -0.3 is 4.98 Å². The normalized spacial score (nSPS) is 22.4. The molecule has 4 heteroatoms. The van der Waals surface area contributed by atoms with Crippen LogP contribution in [0.5, 0.6) is 0 Å². The molecule has 1 fully saturated rings. The van der Waals surface area contributed by atoms with Crippen molar-refractivity contribution in [1.82, 2.24) is 19.9 Å². The van der Waals surface area contributed by atoms with Crippen molar-refractivity contribution in [3.63, 3.8) is 0 Å². The second-order valence-corrected chi connectivity index (χ2v) is 6.24. The lowest BCUT2D eigenvalue weighted by molar-refractivity contribution is 0.240. The number of aromatic amines is 1. The highest BCUT2D eigenvalue weighted by molar-refractivity contribution is 5.20. The summed E-state index contributed by atoms with van der Waals surface area (Å²) in [5.74, 6) is 1.20. The Morgan fingerprint density at radius 3 is 2.86 bits per heavy atom. The molecule has 2 aliphatic rings. The Labute approximate surface area is 125 Å². The van der Waals surface area contributed by atoms with E-state index in [2.05, 4.69) is 27.0 Å². The fourth-order valence-corrected chi connectivity index (χ4v) is 3.68. The van der Waals surface area contributed by atoms with Gasteiger partial charge in [-0.1, -0.05) is 0 Å². The summed E-state index contributed by atoms with van der Waals surface area (Å²) in [7, 11) is 0. The summed E-state index contributed by atoms with van der Waals surface area (Å²) in [6.07, 6.45) is 11.2. The molecule has 0 radical (unpaired) electrons. The monoisotopic (exact) mass is 282 g/mol. The van der Waals surface area contributed by atoms with Crippen LogP contribution in [0, 0.1) is 0 Å². The van der Waals surface area contributed by atoms with E-state index in [-0.39, 0.29) is 0 Å². The van der Waals surface area contributed by atoms with E-state index in [1.54, 1.807) is 0 Å². The summed E-state index contributed by atoms with van der Waals surface area (Å²) >= 11 is 0. The lowest BCUT2D eigenvalue weighted by atomic mass is 10.0. The summed E-state index contributed by atoms with van der Waals surface area (Å²) < 4.78 is 0. The highest BCUT2D eigenvalue weighted by Gasteiger charge is 2.29. The topological polar surface area (TPSA) is 44.8 Å². The van der Waals surface area contributed by atoms with Gasteiger partial charge in [0.25, 0.3) is 0 Å². The molecule has 4 rings (SSSR count). The predicted octanol–water partition coefficient (Wildman–Crippen LogP) is 3.02. The Bertz CT molecular complexity index is 581. The molecule has 1 atom stereocenters. The van der Waals surface area contributed by atoms with Gasteiger partial charge in [0.2, 0.25) is 0 Å². The summed E-state index contributed by atoms with van der Waals surface area (Å²) in [5, 5.41) is 0. The number of hydrogen-bond donors (Lipinski definition) is 1. The summed E-state index contributed by atoms with van der Waals surface area (Å²) in [4.78, 5) is 15.2. The lowest BCUT2D eigenvalue weighted by Gasteiger charge is -2.22. The molecule has 1 aliphatic carbocycles. The number of rotatable bonds is 3. The van der Waals surface area contributed by atoms with Gasteiger partial charge in [-0.05, 0) is 62.8 Å². The average Bonchev–Trinajstić information content (AvgIpc) is 3.14. The first-order chi connectivity index (χ1) is 10.4. The van der Waals surface area contributed by atoms with Gasteiger partial charge in [-0.3, -0.25) is 9.88 Å². The van der Waals surface area contributed by atoms with Crippen LogP contribution in [0.15, 0.2) is 24.5 Å². The number of aromatic nitrogens is 3. The van der Waals surface area contributed by atoms with Crippen molar-refractivity contribution in [2.45, 2.75) is 51.1 Å². The van der Waals surface area contributed by atoms with Gasteiger partial charge in [0.15, 0.2) is 0 Å². The quantitative estimate of drug-likeness (QED) is 0.941. The molecule has 0 spiro atoms. The number of imidazole rings is 1. The minimum atomic E-state index is 0.462. The molecular weight excluding hydrogens is 260 g/mol. The molecule has 21 heavy (non-hydrogen) atoms. The maximum Gasteiger partial charge on any atom is 0.124 e. The Kier molecular flexibility index (Phi) is 3.47. The Hall–Kier alpha value is -1.68. The van der Waals surface area contributed by atoms with Crippen molar-refractivity contribution in [3.05, 3.63) is 47.3 Å². The second-order valence-electron chi connectivity index (χ2n) is 6.24. The first-order valence-corrected chi connectivity index (χ1v) is 8.11. The molecule has 0 amide bonds. The Morgan fingerprint density at radius 1 is 1.14 bits per heavy atom. The highest BCUT2D eigenvalue weighted by Crippen LogP contribution is 2.33. The van der Waals surface area contributed by atoms with Crippen LogP contribution in [0.2, 0.25) is 0 Å². The highest BCUT2D eigenvalue weighted by atomic mass is 15.2. The number of fused-ring (bicyclic) bond motifs is 1. The number of nitrogens with zero attached hydrogens (tertiary/aromatic N) is 3. The number of pyridine rings is 1. The minimum absolute atomic E-state index is 0.462.